The molecule has 7 nitrogen and oxygen atoms in total. The van der Waals surface area contributed by atoms with Crippen LogP contribution in [-0.2, 0) is 11.3 Å². The van der Waals surface area contributed by atoms with E-state index in [2.05, 4.69) is 34.4 Å². The molecule has 0 saturated carbocycles. The second-order valence-electron chi connectivity index (χ2n) is 6.84. The van der Waals surface area contributed by atoms with Crippen molar-refractivity contribution in [2.24, 2.45) is 0 Å². The third-order valence-corrected chi connectivity index (χ3v) is 4.94. The van der Waals surface area contributed by atoms with E-state index in [0.717, 1.165) is 36.7 Å². The maximum Gasteiger partial charge on any atom is 0.251 e. The first-order chi connectivity index (χ1) is 14.5. The fourth-order valence-electron chi connectivity index (χ4n) is 3.24. The van der Waals surface area contributed by atoms with Gasteiger partial charge in [-0.15, -0.1) is 0 Å². The number of carbonyl (C=O) groups excluding carboxylic acids is 2. The highest BCUT2D eigenvalue weighted by Crippen LogP contribution is 2.19. The predicted molar refractivity (Wildman–Crippen MR) is 115 cm³/mol. The molecule has 8 heteroatoms. The van der Waals surface area contributed by atoms with Gasteiger partial charge in [-0.25, -0.2) is 9.37 Å². The van der Waals surface area contributed by atoms with Crippen LogP contribution in [0.15, 0.2) is 48.5 Å². The van der Waals surface area contributed by atoms with Crippen molar-refractivity contribution >= 4 is 28.8 Å². The summed E-state index contributed by atoms with van der Waals surface area (Å²) in [4.78, 5) is 31.4. The second-order valence-corrected chi connectivity index (χ2v) is 6.84. The first kappa shape index (κ1) is 21.4. The lowest BCUT2D eigenvalue weighted by Crippen LogP contribution is -2.34. The lowest BCUT2D eigenvalue weighted by Gasteiger charge is -2.19. The highest BCUT2D eigenvalue weighted by molar-refractivity contribution is 5.99. The SMILES string of the molecule is CCN(CC)CCn1c(NC(=O)CNC(=O)c2cccc(F)c2)nc2ccccc21. The summed E-state index contributed by atoms with van der Waals surface area (Å²) in [5, 5.41) is 5.29. The van der Waals surface area contributed by atoms with Crippen LogP contribution in [-0.4, -0.2) is 52.4 Å². The molecule has 0 aliphatic heterocycles. The van der Waals surface area contributed by atoms with Crippen LogP contribution in [0.1, 0.15) is 24.2 Å². The lowest BCUT2D eigenvalue weighted by molar-refractivity contribution is -0.115. The number of hydrogen-bond donors (Lipinski definition) is 2. The molecule has 0 unspecified atom stereocenters. The Kier molecular flexibility index (Phi) is 7.13. The van der Waals surface area contributed by atoms with Crippen molar-refractivity contribution in [2.75, 3.05) is 31.5 Å². The zero-order valence-electron chi connectivity index (χ0n) is 17.2. The Hall–Kier alpha value is -3.26. The van der Waals surface area contributed by atoms with Crippen LogP contribution in [0.5, 0.6) is 0 Å². The second kappa shape index (κ2) is 9.98. The minimum Gasteiger partial charge on any atom is -0.343 e. The summed E-state index contributed by atoms with van der Waals surface area (Å²) in [6.45, 7) is 7.36. The summed E-state index contributed by atoms with van der Waals surface area (Å²) in [6, 6.07) is 13.0. The maximum atomic E-state index is 13.3. The quantitative estimate of drug-likeness (QED) is 0.568. The number of carbonyl (C=O) groups is 2. The molecule has 0 atom stereocenters. The number of likely N-dealkylation sites (N-methyl/N-ethyl adjacent to an activating group) is 1. The van der Waals surface area contributed by atoms with Gasteiger partial charge in [-0.1, -0.05) is 32.0 Å². The van der Waals surface area contributed by atoms with E-state index in [-0.39, 0.29) is 12.1 Å². The Morgan fingerprint density at radius 3 is 2.60 bits per heavy atom. The molecule has 1 heterocycles. The van der Waals surface area contributed by atoms with Crippen LogP contribution >= 0.6 is 0 Å². The van der Waals surface area contributed by atoms with Crippen LogP contribution in [0.3, 0.4) is 0 Å². The van der Waals surface area contributed by atoms with E-state index < -0.39 is 17.6 Å². The molecular weight excluding hydrogens is 385 g/mol. The molecule has 0 bridgehead atoms. The van der Waals surface area contributed by atoms with Gasteiger partial charge in [0.1, 0.15) is 5.82 Å². The van der Waals surface area contributed by atoms with Gasteiger partial charge in [0.2, 0.25) is 11.9 Å². The number of nitrogens with zero attached hydrogens (tertiary/aromatic N) is 3. The van der Waals surface area contributed by atoms with Crippen molar-refractivity contribution in [2.45, 2.75) is 20.4 Å². The van der Waals surface area contributed by atoms with Crippen molar-refractivity contribution in [3.8, 4) is 0 Å². The normalized spacial score (nSPS) is 11.1. The number of nitrogens with one attached hydrogen (secondary N) is 2. The monoisotopic (exact) mass is 411 g/mol. The first-order valence-electron chi connectivity index (χ1n) is 10.0. The molecule has 2 N–H and O–H groups in total. The first-order valence-corrected chi connectivity index (χ1v) is 10.0. The highest BCUT2D eigenvalue weighted by atomic mass is 19.1. The van der Waals surface area contributed by atoms with Gasteiger partial charge < -0.3 is 14.8 Å². The van der Waals surface area contributed by atoms with E-state index in [9.17, 15) is 14.0 Å². The summed E-state index contributed by atoms with van der Waals surface area (Å²) in [5.41, 5.74) is 1.88. The third kappa shape index (κ3) is 5.21. The van der Waals surface area contributed by atoms with Crippen molar-refractivity contribution in [3.05, 3.63) is 59.9 Å². The fraction of sp³-hybridized carbons (Fsp3) is 0.318. The lowest BCUT2D eigenvalue weighted by atomic mass is 10.2. The molecular formula is C22H26FN5O2. The summed E-state index contributed by atoms with van der Waals surface area (Å²) >= 11 is 0. The molecule has 0 saturated heterocycles. The van der Waals surface area contributed by atoms with Crippen LogP contribution < -0.4 is 10.6 Å². The van der Waals surface area contributed by atoms with Gasteiger partial charge in [-0.2, -0.15) is 0 Å². The van der Waals surface area contributed by atoms with Crippen molar-refractivity contribution < 1.29 is 14.0 Å². The maximum absolute atomic E-state index is 13.3. The largest absolute Gasteiger partial charge is 0.343 e. The number of anilines is 1. The molecule has 158 valence electrons. The van der Waals surface area contributed by atoms with E-state index >= 15 is 0 Å². The smallest absolute Gasteiger partial charge is 0.251 e. The fourth-order valence-corrected chi connectivity index (χ4v) is 3.24. The number of aromatic nitrogens is 2. The number of benzene rings is 2. The number of imidazole rings is 1. The topological polar surface area (TPSA) is 79.3 Å². The Bertz CT molecular complexity index is 1030. The number of amides is 2. The molecule has 30 heavy (non-hydrogen) atoms. The Labute approximate surface area is 174 Å². The Morgan fingerprint density at radius 1 is 1.10 bits per heavy atom. The Morgan fingerprint density at radius 2 is 1.87 bits per heavy atom. The summed E-state index contributed by atoms with van der Waals surface area (Å²) in [5.74, 6) is -0.985. The number of hydrogen-bond acceptors (Lipinski definition) is 4. The van der Waals surface area contributed by atoms with Gasteiger partial charge in [-0.05, 0) is 43.4 Å². The average molecular weight is 411 g/mol. The predicted octanol–water partition coefficient (Wildman–Crippen LogP) is 2.89. The molecule has 3 rings (SSSR count). The molecule has 2 aromatic carbocycles. The van der Waals surface area contributed by atoms with Gasteiger partial charge in [0.25, 0.3) is 5.91 Å². The van der Waals surface area contributed by atoms with Crippen LogP contribution in [0, 0.1) is 5.82 Å². The standard InChI is InChI=1S/C22H26FN5O2/c1-3-27(4-2)12-13-28-19-11-6-5-10-18(19)25-22(28)26-20(29)15-24-21(30)16-8-7-9-17(23)14-16/h5-11,14H,3-4,12-13,15H2,1-2H3,(H,24,30)(H,25,26,29). The van der Waals surface area contributed by atoms with Gasteiger partial charge in [-0.3, -0.25) is 14.9 Å². The number of fused-ring (bicyclic) bond motifs is 1. The minimum absolute atomic E-state index is 0.161. The zero-order chi connectivity index (χ0) is 21.5. The molecule has 3 aromatic rings. The minimum atomic E-state index is -0.514. The molecule has 0 spiro atoms. The number of rotatable bonds is 9. The highest BCUT2D eigenvalue weighted by Gasteiger charge is 2.15. The molecule has 0 aliphatic rings. The van der Waals surface area contributed by atoms with Crippen LogP contribution in [0.25, 0.3) is 11.0 Å². The van der Waals surface area contributed by atoms with Gasteiger partial charge in [0, 0.05) is 18.7 Å². The third-order valence-electron chi connectivity index (χ3n) is 4.94. The van der Waals surface area contributed by atoms with Crippen LogP contribution in [0.4, 0.5) is 10.3 Å². The Balaban J connectivity index is 1.69. The van der Waals surface area contributed by atoms with Crippen LogP contribution in [0.2, 0.25) is 0 Å². The van der Waals surface area contributed by atoms with Crippen molar-refractivity contribution in [1.82, 2.24) is 19.8 Å². The van der Waals surface area contributed by atoms with E-state index in [0.29, 0.717) is 12.5 Å². The van der Waals surface area contributed by atoms with Gasteiger partial charge >= 0.3 is 0 Å². The summed E-state index contributed by atoms with van der Waals surface area (Å²) in [6.07, 6.45) is 0. The number of para-hydroxylation sites is 2. The van der Waals surface area contributed by atoms with Gasteiger partial charge in [0.15, 0.2) is 0 Å². The summed E-state index contributed by atoms with van der Waals surface area (Å²) in [7, 11) is 0. The zero-order valence-corrected chi connectivity index (χ0v) is 17.2. The molecule has 0 fully saturated rings. The average Bonchev–Trinajstić information content (AvgIpc) is 3.09. The van der Waals surface area contributed by atoms with E-state index in [1.54, 1.807) is 0 Å². The summed E-state index contributed by atoms with van der Waals surface area (Å²) < 4.78 is 15.2. The van der Waals surface area contributed by atoms with E-state index in [1.165, 1.54) is 18.2 Å². The molecule has 1 aromatic heterocycles. The van der Waals surface area contributed by atoms with E-state index in [4.69, 9.17) is 0 Å². The number of halogens is 1. The van der Waals surface area contributed by atoms with Crippen molar-refractivity contribution in [1.29, 1.82) is 0 Å². The molecule has 2 amide bonds. The van der Waals surface area contributed by atoms with E-state index in [1.807, 2.05) is 28.8 Å². The molecule has 0 aliphatic carbocycles. The van der Waals surface area contributed by atoms with Crippen molar-refractivity contribution in [3.63, 3.8) is 0 Å². The molecule has 0 radical (unpaired) electrons. The van der Waals surface area contributed by atoms with Gasteiger partial charge in [0.05, 0.1) is 17.6 Å².